The van der Waals surface area contributed by atoms with E-state index >= 15 is 0 Å². The third-order valence-corrected chi connectivity index (χ3v) is 3.17. The first-order chi connectivity index (χ1) is 9.10. The van der Waals surface area contributed by atoms with Gasteiger partial charge in [0.05, 0.1) is 12.7 Å². The molecule has 1 aromatic rings. The summed E-state index contributed by atoms with van der Waals surface area (Å²) in [5, 5.41) is 13.3. The number of para-hydroxylation sites is 1. The molecule has 0 bridgehead atoms. The van der Waals surface area contributed by atoms with Crippen LogP contribution >= 0.6 is 0 Å². The van der Waals surface area contributed by atoms with Crippen LogP contribution in [0.5, 0.6) is 0 Å². The molecule has 0 aromatic heterocycles. The second kappa shape index (κ2) is 8.15. The van der Waals surface area contributed by atoms with Gasteiger partial charge in [-0.2, -0.15) is 0 Å². The fourth-order valence-corrected chi connectivity index (χ4v) is 2.28. The summed E-state index contributed by atoms with van der Waals surface area (Å²) in [5.41, 5.74) is 2.39. The maximum Gasteiger partial charge on any atom is 0.0947 e. The number of likely N-dealkylation sites (N-methyl/N-ethyl adjacent to an activating group) is 1. The number of nitrogens with zero attached hydrogens (tertiary/aromatic N) is 1. The van der Waals surface area contributed by atoms with Gasteiger partial charge in [0.15, 0.2) is 0 Å². The van der Waals surface area contributed by atoms with Crippen LogP contribution in [0.4, 0.5) is 5.69 Å². The molecule has 2 unspecified atom stereocenters. The minimum absolute atomic E-state index is 0.295. The molecule has 0 amide bonds. The maximum absolute atomic E-state index is 9.83. The molecule has 0 spiro atoms. The Kier molecular flexibility index (Phi) is 6.84. The number of aliphatic hydroxyl groups excluding tert-OH is 1. The molecular formula is C15H26N2O2. The molecule has 19 heavy (non-hydrogen) atoms. The van der Waals surface area contributed by atoms with E-state index in [9.17, 15) is 5.11 Å². The highest BCUT2D eigenvalue weighted by molar-refractivity contribution is 5.54. The average molecular weight is 266 g/mol. The summed E-state index contributed by atoms with van der Waals surface area (Å²) in [7, 11) is 3.60. The van der Waals surface area contributed by atoms with Crippen molar-refractivity contribution in [2.45, 2.75) is 26.0 Å². The van der Waals surface area contributed by atoms with E-state index in [4.69, 9.17) is 4.74 Å². The number of hydrogen-bond acceptors (Lipinski definition) is 4. The molecule has 0 radical (unpaired) electrons. The molecule has 4 nitrogen and oxygen atoms in total. The van der Waals surface area contributed by atoms with Crippen LogP contribution in [0.15, 0.2) is 24.3 Å². The summed E-state index contributed by atoms with van der Waals surface area (Å²) in [4.78, 5) is 2.08. The molecular weight excluding hydrogens is 240 g/mol. The van der Waals surface area contributed by atoms with E-state index in [1.54, 1.807) is 7.11 Å². The van der Waals surface area contributed by atoms with Crippen molar-refractivity contribution in [3.05, 3.63) is 29.8 Å². The lowest BCUT2D eigenvalue weighted by molar-refractivity contribution is 0.0695. The van der Waals surface area contributed by atoms with Gasteiger partial charge in [-0.15, -0.1) is 0 Å². The normalized spacial score (nSPS) is 14.2. The Morgan fingerprint density at radius 1 is 1.37 bits per heavy atom. The van der Waals surface area contributed by atoms with Gasteiger partial charge >= 0.3 is 0 Å². The number of rotatable bonds is 8. The van der Waals surface area contributed by atoms with Gasteiger partial charge in [-0.05, 0) is 25.1 Å². The van der Waals surface area contributed by atoms with Crippen LogP contribution in [0.25, 0.3) is 0 Å². The molecule has 0 aliphatic carbocycles. The van der Waals surface area contributed by atoms with Crippen LogP contribution in [-0.2, 0) is 4.74 Å². The minimum atomic E-state index is -0.475. The van der Waals surface area contributed by atoms with Crippen molar-refractivity contribution < 1.29 is 9.84 Å². The lowest BCUT2D eigenvalue weighted by Gasteiger charge is -2.27. The topological polar surface area (TPSA) is 44.7 Å². The van der Waals surface area contributed by atoms with E-state index in [1.807, 2.05) is 19.2 Å². The molecule has 1 aromatic carbocycles. The Morgan fingerprint density at radius 2 is 2.05 bits per heavy atom. The second-order valence-corrected chi connectivity index (χ2v) is 4.83. The number of methoxy groups -OCH3 is 1. The summed E-state index contributed by atoms with van der Waals surface area (Å²) in [5.74, 6) is 0. The molecule has 108 valence electrons. The highest BCUT2D eigenvalue weighted by Crippen LogP contribution is 2.25. The average Bonchev–Trinajstić information content (AvgIpc) is 2.39. The van der Waals surface area contributed by atoms with E-state index in [-0.39, 0.29) is 0 Å². The number of nitrogens with one attached hydrogen (secondary N) is 1. The Labute approximate surface area is 116 Å². The lowest BCUT2D eigenvalue weighted by atomic mass is 10.0. The molecule has 0 heterocycles. The summed E-state index contributed by atoms with van der Waals surface area (Å²) in [6.07, 6.45) is -0.475. The van der Waals surface area contributed by atoms with Gasteiger partial charge in [0.25, 0.3) is 0 Å². The number of hydrogen-bond donors (Lipinski definition) is 2. The van der Waals surface area contributed by atoms with Crippen molar-refractivity contribution in [1.29, 1.82) is 0 Å². The zero-order chi connectivity index (χ0) is 14.3. The largest absolute Gasteiger partial charge is 0.389 e. The minimum Gasteiger partial charge on any atom is -0.389 e. The smallest absolute Gasteiger partial charge is 0.0947 e. The monoisotopic (exact) mass is 266 g/mol. The van der Waals surface area contributed by atoms with Crippen molar-refractivity contribution in [2.24, 2.45) is 0 Å². The summed E-state index contributed by atoms with van der Waals surface area (Å²) in [6, 6.07) is 8.58. The Bertz CT molecular complexity index is 371. The van der Waals surface area contributed by atoms with Gasteiger partial charge in [0, 0.05) is 32.4 Å². The van der Waals surface area contributed by atoms with Crippen LogP contribution in [0.2, 0.25) is 0 Å². The molecule has 0 saturated heterocycles. The standard InChI is InChI=1S/C15H26N2O2/c1-5-16-12(2)14-8-6-7-9-15(14)17(3)10-13(18)11-19-4/h6-9,12-13,16,18H,5,10-11H2,1-4H3. The quantitative estimate of drug-likeness (QED) is 0.753. The van der Waals surface area contributed by atoms with E-state index in [1.165, 1.54) is 5.56 Å². The third kappa shape index (κ3) is 4.82. The molecule has 0 aliphatic rings. The van der Waals surface area contributed by atoms with Crippen molar-refractivity contribution in [1.82, 2.24) is 5.32 Å². The molecule has 2 N–H and O–H groups in total. The van der Waals surface area contributed by atoms with Crippen molar-refractivity contribution >= 4 is 5.69 Å². The molecule has 1 rings (SSSR count). The van der Waals surface area contributed by atoms with Gasteiger partial charge in [-0.1, -0.05) is 25.1 Å². The third-order valence-electron chi connectivity index (χ3n) is 3.17. The SMILES string of the molecule is CCNC(C)c1ccccc1N(C)CC(O)COC. The van der Waals surface area contributed by atoms with Gasteiger partial charge in [0.1, 0.15) is 0 Å². The molecule has 4 heteroatoms. The maximum atomic E-state index is 9.83. The first-order valence-electron chi connectivity index (χ1n) is 6.80. The Balaban J connectivity index is 2.81. The second-order valence-electron chi connectivity index (χ2n) is 4.83. The van der Waals surface area contributed by atoms with Gasteiger partial charge in [-0.3, -0.25) is 0 Å². The van der Waals surface area contributed by atoms with Gasteiger partial charge in [0.2, 0.25) is 0 Å². The fraction of sp³-hybridized carbons (Fsp3) is 0.600. The van der Waals surface area contributed by atoms with Crippen molar-refractivity contribution in [3.8, 4) is 0 Å². The fourth-order valence-electron chi connectivity index (χ4n) is 2.28. The van der Waals surface area contributed by atoms with Crippen LogP contribution in [0, 0.1) is 0 Å². The summed E-state index contributed by atoms with van der Waals surface area (Å²) in [6.45, 7) is 6.11. The molecule has 0 fully saturated rings. The Hall–Kier alpha value is -1.10. The van der Waals surface area contributed by atoms with Crippen LogP contribution in [0.1, 0.15) is 25.5 Å². The predicted octanol–water partition coefficient (Wildman–Crippen LogP) is 1.80. The van der Waals surface area contributed by atoms with Crippen molar-refractivity contribution in [2.75, 3.05) is 38.8 Å². The molecule has 0 aliphatic heterocycles. The molecule has 0 saturated carbocycles. The predicted molar refractivity (Wildman–Crippen MR) is 79.7 cm³/mol. The van der Waals surface area contributed by atoms with E-state index in [0.717, 1.165) is 12.2 Å². The number of anilines is 1. The van der Waals surface area contributed by atoms with Crippen LogP contribution < -0.4 is 10.2 Å². The van der Waals surface area contributed by atoms with E-state index in [0.29, 0.717) is 19.2 Å². The summed E-state index contributed by atoms with van der Waals surface area (Å²) < 4.78 is 4.97. The van der Waals surface area contributed by atoms with Crippen LogP contribution in [0.3, 0.4) is 0 Å². The number of aliphatic hydroxyl groups is 1. The summed E-state index contributed by atoms with van der Waals surface area (Å²) >= 11 is 0. The highest BCUT2D eigenvalue weighted by Gasteiger charge is 2.14. The first kappa shape index (κ1) is 16.0. The zero-order valence-electron chi connectivity index (χ0n) is 12.4. The van der Waals surface area contributed by atoms with E-state index < -0.39 is 6.10 Å². The van der Waals surface area contributed by atoms with Crippen LogP contribution in [-0.4, -0.2) is 45.1 Å². The number of ether oxygens (including phenoxy) is 1. The van der Waals surface area contributed by atoms with Gasteiger partial charge < -0.3 is 20.1 Å². The lowest BCUT2D eigenvalue weighted by Crippen LogP contribution is -2.33. The Morgan fingerprint density at radius 3 is 2.68 bits per heavy atom. The van der Waals surface area contributed by atoms with Crippen molar-refractivity contribution in [3.63, 3.8) is 0 Å². The highest BCUT2D eigenvalue weighted by atomic mass is 16.5. The first-order valence-corrected chi connectivity index (χ1v) is 6.80. The zero-order valence-corrected chi connectivity index (χ0v) is 12.4. The van der Waals surface area contributed by atoms with E-state index in [2.05, 4.69) is 36.2 Å². The number of benzene rings is 1. The van der Waals surface area contributed by atoms with Gasteiger partial charge in [-0.25, -0.2) is 0 Å². The molecule has 2 atom stereocenters.